The standard InChI is InChI=1S/C15H14N2O4/c1-8-5-10(15(20)21)3-4-12(8)17-14(19)13-6-11(7-16-13)9(2)18/h3-7,16H,1-2H3,(H,17,19)(H,20,21). The van der Waals surface area contributed by atoms with Gasteiger partial charge in [0.2, 0.25) is 0 Å². The first-order chi connectivity index (χ1) is 9.88. The minimum atomic E-state index is -1.02. The van der Waals surface area contributed by atoms with E-state index in [4.69, 9.17) is 5.11 Å². The highest BCUT2D eigenvalue weighted by Crippen LogP contribution is 2.17. The normalized spacial score (nSPS) is 10.2. The lowest BCUT2D eigenvalue weighted by molar-refractivity contribution is 0.0696. The number of hydrogen-bond donors (Lipinski definition) is 3. The molecule has 1 aromatic heterocycles. The summed E-state index contributed by atoms with van der Waals surface area (Å²) in [5.41, 5.74) is 2.01. The average molecular weight is 286 g/mol. The van der Waals surface area contributed by atoms with Crippen molar-refractivity contribution in [2.45, 2.75) is 13.8 Å². The van der Waals surface area contributed by atoms with E-state index >= 15 is 0 Å². The molecule has 21 heavy (non-hydrogen) atoms. The summed E-state index contributed by atoms with van der Waals surface area (Å²) < 4.78 is 0. The van der Waals surface area contributed by atoms with Gasteiger partial charge in [0.1, 0.15) is 5.69 Å². The van der Waals surface area contributed by atoms with Crippen LogP contribution in [0.15, 0.2) is 30.5 Å². The fraction of sp³-hybridized carbons (Fsp3) is 0.133. The summed E-state index contributed by atoms with van der Waals surface area (Å²) in [6.07, 6.45) is 1.47. The van der Waals surface area contributed by atoms with Crippen LogP contribution in [0, 0.1) is 6.92 Å². The SMILES string of the molecule is CC(=O)c1c[nH]c(C(=O)Nc2ccc(C(=O)O)cc2C)c1. The molecule has 0 fully saturated rings. The Hall–Kier alpha value is -2.89. The monoisotopic (exact) mass is 286 g/mol. The number of ketones is 1. The van der Waals surface area contributed by atoms with Crippen molar-refractivity contribution in [2.24, 2.45) is 0 Å². The largest absolute Gasteiger partial charge is 0.478 e. The number of carboxylic acids is 1. The van der Waals surface area contributed by atoms with Gasteiger partial charge in [-0.3, -0.25) is 9.59 Å². The topological polar surface area (TPSA) is 99.3 Å². The zero-order valence-corrected chi connectivity index (χ0v) is 11.6. The Morgan fingerprint density at radius 2 is 1.86 bits per heavy atom. The second-order valence-corrected chi connectivity index (χ2v) is 4.65. The molecular formula is C15H14N2O4. The molecular weight excluding hydrogens is 272 g/mol. The number of carboxylic acid groups (broad SMARTS) is 1. The number of amides is 1. The molecule has 0 atom stereocenters. The van der Waals surface area contributed by atoms with Crippen LogP contribution in [0.2, 0.25) is 0 Å². The van der Waals surface area contributed by atoms with Gasteiger partial charge in [-0.25, -0.2) is 4.79 Å². The highest BCUT2D eigenvalue weighted by molar-refractivity contribution is 6.05. The molecule has 0 saturated heterocycles. The molecule has 2 aromatic rings. The van der Waals surface area contributed by atoms with Crippen LogP contribution < -0.4 is 5.32 Å². The van der Waals surface area contributed by atoms with Crippen LogP contribution in [0.5, 0.6) is 0 Å². The van der Waals surface area contributed by atoms with Gasteiger partial charge in [-0.2, -0.15) is 0 Å². The Morgan fingerprint density at radius 3 is 2.38 bits per heavy atom. The lowest BCUT2D eigenvalue weighted by atomic mass is 10.1. The summed E-state index contributed by atoms with van der Waals surface area (Å²) in [6, 6.07) is 5.90. The van der Waals surface area contributed by atoms with Crippen LogP contribution in [-0.4, -0.2) is 27.8 Å². The number of aromatic carboxylic acids is 1. The fourth-order valence-corrected chi connectivity index (χ4v) is 1.86. The maximum atomic E-state index is 12.1. The quantitative estimate of drug-likeness (QED) is 0.752. The van der Waals surface area contributed by atoms with Gasteiger partial charge in [0.05, 0.1) is 5.56 Å². The molecule has 0 radical (unpaired) electrons. The molecule has 1 heterocycles. The summed E-state index contributed by atoms with van der Waals surface area (Å²) >= 11 is 0. The number of nitrogens with one attached hydrogen (secondary N) is 2. The van der Waals surface area contributed by atoms with Crippen molar-refractivity contribution in [3.63, 3.8) is 0 Å². The van der Waals surface area contributed by atoms with Crippen LogP contribution in [0.4, 0.5) is 5.69 Å². The molecule has 2 rings (SSSR count). The second-order valence-electron chi connectivity index (χ2n) is 4.65. The third-order valence-electron chi connectivity index (χ3n) is 3.06. The van der Waals surface area contributed by atoms with Gasteiger partial charge in [-0.05, 0) is 43.7 Å². The fourth-order valence-electron chi connectivity index (χ4n) is 1.86. The Balaban J connectivity index is 2.19. The third-order valence-corrected chi connectivity index (χ3v) is 3.06. The predicted octanol–water partition coefficient (Wildman–Crippen LogP) is 2.48. The summed E-state index contributed by atoms with van der Waals surface area (Å²) in [4.78, 5) is 36.8. The number of anilines is 1. The zero-order valence-electron chi connectivity index (χ0n) is 11.6. The Labute approximate surface area is 120 Å². The molecule has 3 N–H and O–H groups in total. The minimum absolute atomic E-state index is 0.132. The first-order valence-corrected chi connectivity index (χ1v) is 6.23. The first-order valence-electron chi connectivity index (χ1n) is 6.23. The lowest BCUT2D eigenvalue weighted by Crippen LogP contribution is -2.13. The number of rotatable bonds is 4. The lowest BCUT2D eigenvalue weighted by Gasteiger charge is -2.08. The van der Waals surface area contributed by atoms with Crippen molar-refractivity contribution in [2.75, 3.05) is 5.32 Å². The average Bonchev–Trinajstić information content (AvgIpc) is 2.90. The van der Waals surface area contributed by atoms with Crippen LogP contribution in [0.25, 0.3) is 0 Å². The van der Waals surface area contributed by atoms with E-state index in [1.165, 1.54) is 37.4 Å². The van der Waals surface area contributed by atoms with Crippen molar-refractivity contribution < 1.29 is 19.5 Å². The van der Waals surface area contributed by atoms with Crippen molar-refractivity contribution in [3.05, 3.63) is 52.8 Å². The molecule has 0 bridgehead atoms. The second kappa shape index (κ2) is 5.62. The van der Waals surface area contributed by atoms with Crippen LogP contribution in [-0.2, 0) is 0 Å². The number of carbonyl (C=O) groups is 3. The summed E-state index contributed by atoms with van der Waals surface area (Å²) in [7, 11) is 0. The molecule has 0 saturated carbocycles. The van der Waals surface area contributed by atoms with Gasteiger partial charge in [-0.1, -0.05) is 0 Å². The molecule has 1 aromatic carbocycles. The number of benzene rings is 1. The number of carbonyl (C=O) groups excluding carboxylic acids is 2. The number of H-pyrrole nitrogens is 1. The van der Waals surface area contributed by atoms with Gasteiger partial charge in [0.25, 0.3) is 5.91 Å². The molecule has 1 amide bonds. The summed E-state index contributed by atoms with van der Waals surface area (Å²) in [5, 5.41) is 11.6. The Morgan fingerprint density at radius 1 is 1.14 bits per heavy atom. The van der Waals surface area contributed by atoms with Crippen LogP contribution >= 0.6 is 0 Å². The number of aryl methyl sites for hydroxylation is 1. The molecule has 0 unspecified atom stereocenters. The van der Waals surface area contributed by atoms with E-state index in [0.29, 0.717) is 16.8 Å². The minimum Gasteiger partial charge on any atom is -0.478 e. The Kier molecular flexibility index (Phi) is 3.89. The van der Waals surface area contributed by atoms with E-state index in [2.05, 4.69) is 10.3 Å². The van der Waals surface area contributed by atoms with Gasteiger partial charge in [0, 0.05) is 17.4 Å². The highest BCUT2D eigenvalue weighted by Gasteiger charge is 2.13. The maximum absolute atomic E-state index is 12.1. The molecule has 0 aliphatic heterocycles. The van der Waals surface area contributed by atoms with E-state index in [-0.39, 0.29) is 17.0 Å². The Bertz CT molecular complexity index is 731. The summed E-state index contributed by atoms with van der Waals surface area (Å²) in [5.74, 6) is -1.55. The van der Waals surface area contributed by atoms with Crippen LogP contribution in [0.1, 0.15) is 43.7 Å². The van der Waals surface area contributed by atoms with Crippen molar-refractivity contribution in [3.8, 4) is 0 Å². The smallest absolute Gasteiger partial charge is 0.335 e. The zero-order chi connectivity index (χ0) is 15.6. The third kappa shape index (κ3) is 3.17. The molecule has 0 aliphatic carbocycles. The molecule has 0 spiro atoms. The molecule has 6 nitrogen and oxygen atoms in total. The number of aromatic nitrogens is 1. The maximum Gasteiger partial charge on any atom is 0.335 e. The van der Waals surface area contributed by atoms with Crippen molar-refractivity contribution >= 4 is 23.3 Å². The molecule has 6 heteroatoms. The van der Waals surface area contributed by atoms with Gasteiger partial charge in [0.15, 0.2) is 5.78 Å². The van der Waals surface area contributed by atoms with E-state index in [1.807, 2.05) is 0 Å². The molecule has 0 aliphatic rings. The first kappa shape index (κ1) is 14.5. The van der Waals surface area contributed by atoms with Gasteiger partial charge < -0.3 is 15.4 Å². The van der Waals surface area contributed by atoms with E-state index in [1.54, 1.807) is 6.92 Å². The molecule has 108 valence electrons. The number of Topliss-reactive ketones (excluding diaryl/α,β-unsaturated/α-hetero) is 1. The number of aromatic amines is 1. The van der Waals surface area contributed by atoms with Gasteiger partial charge in [-0.15, -0.1) is 0 Å². The van der Waals surface area contributed by atoms with E-state index < -0.39 is 11.9 Å². The van der Waals surface area contributed by atoms with Crippen LogP contribution in [0.3, 0.4) is 0 Å². The predicted molar refractivity (Wildman–Crippen MR) is 76.9 cm³/mol. The van der Waals surface area contributed by atoms with Crippen molar-refractivity contribution in [1.82, 2.24) is 4.98 Å². The van der Waals surface area contributed by atoms with E-state index in [0.717, 1.165) is 0 Å². The van der Waals surface area contributed by atoms with Crippen molar-refractivity contribution in [1.29, 1.82) is 0 Å². The summed E-state index contributed by atoms with van der Waals surface area (Å²) in [6.45, 7) is 3.12. The highest BCUT2D eigenvalue weighted by atomic mass is 16.4. The van der Waals surface area contributed by atoms with Gasteiger partial charge >= 0.3 is 5.97 Å². The van der Waals surface area contributed by atoms with E-state index in [9.17, 15) is 14.4 Å². The number of hydrogen-bond acceptors (Lipinski definition) is 3.